The molecule has 1 saturated carbocycles. The summed E-state index contributed by atoms with van der Waals surface area (Å²) in [5, 5.41) is 6.45. The van der Waals surface area contributed by atoms with Gasteiger partial charge >= 0.3 is 5.97 Å². The summed E-state index contributed by atoms with van der Waals surface area (Å²) < 4.78 is 18.5. The van der Waals surface area contributed by atoms with Crippen LogP contribution in [0.5, 0.6) is 0 Å². The maximum Gasteiger partial charge on any atom is 0.329 e. The molecule has 0 aliphatic heterocycles. The minimum Gasteiger partial charge on any atom is -0.454 e. The van der Waals surface area contributed by atoms with Crippen LogP contribution in [-0.4, -0.2) is 42.0 Å². The number of nitrogens with one attached hydrogen (secondary N) is 3. The summed E-state index contributed by atoms with van der Waals surface area (Å²) in [4.78, 5) is 41.1. The van der Waals surface area contributed by atoms with Crippen LogP contribution in [0.1, 0.15) is 48.0 Å². The van der Waals surface area contributed by atoms with Crippen LogP contribution in [-0.2, 0) is 20.7 Å². The van der Waals surface area contributed by atoms with Crippen LogP contribution in [0.4, 0.5) is 4.39 Å². The molecule has 35 heavy (non-hydrogen) atoms. The zero-order valence-electron chi connectivity index (χ0n) is 19.5. The van der Waals surface area contributed by atoms with Crippen molar-refractivity contribution in [1.29, 1.82) is 0 Å². The molecule has 0 saturated heterocycles. The second-order valence-electron chi connectivity index (χ2n) is 9.01. The molecule has 1 aromatic heterocycles. The maximum absolute atomic E-state index is 13.3. The second-order valence-corrected chi connectivity index (χ2v) is 9.01. The molecule has 1 aliphatic rings. The summed E-state index contributed by atoms with van der Waals surface area (Å²) in [7, 11) is 0. The van der Waals surface area contributed by atoms with Crippen molar-refractivity contribution < 1.29 is 23.5 Å². The van der Waals surface area contributed by atoms with Gasteiger partial charge in [0.15, 0.2) is 6.61 Å². The minimum atomic E-state index is -1.03. The molecule has 1 heterocycles. The smallest absolute Gasteiger partial charge is 0.329 e. The lowest BCUT2D eigenvalue weighted by atomic mass is 9.89. The van der Waals surface area contributed by atoms with Gasteiger partial charge in [0, 0.05) is 35.6 Å². The number of esters is 1. The van der Waals surface area contributed by atoms with E-state index in [-0.39, 0.29) is 17.9 Å². The van der Waals surface area contributed by atoms with E-state index in [0.717, 1.165) is 29.3 Å². The fourth-order valence-corrected chi connectivity index (χ4v) is 4.49. The van der Waals surface area contributed by atoms with E-state index in [2.05, 4.69) is 15.6 Å². The number of rotatable bonds is 9. The van der Waals surface area contributed by atoms with Gasteiger partial charge < -0.3 is 20.4 Å². The highest BCUT2D eigenvalue weighted by molar-refractivity contribution is 5.97. The number of hydrogen-bond acceptors (Lipinski definition) is 4. The van der Waals surface area contributed by atoms with Crippen molar-refractivity contribution in [2.45, 2.75) is 44.6 Å². The molecule has 0 bridgehead atoms. The predicted molar refractivity (Wildman–Crippen MR) is 130 cm³/mol. The highest BCUT2D eigenvalue weighted by atomic mass is 19.1. The number of H-pyrrole nitrogens is 1. The Balaban J connectivity index is 1.40. The summed E-state index contributed by atoms with van der Waals surface area (Å²) in [5.74, 6) is -1.60. The number of aromatic amines is 1. The first-order chi connectivity index (χ1) is 17.0. The highest BCUT2D eigenvalue weighted by Crippen LogP contribution is 2.23. The summed E-state index contributed by atoms with van der Waals surface area (Å²) in [5.41, 5.74) is 1.94. The Hall–Kier alpha value is -3.68. The quantitative estimate of drug-likeness (QED) is 0.406. The van der Waals surface area contributed by atoms with Crippen molar-refractivity contribution >= 4 is 28.7 Å². The van der Waals surface area contributed by atoms with E-state index in [9.17, 15) is 18.8 Å². The lowest BCUT2D eigenvalue weighted by molar-refractivity contribution is -0.150. The van der Waals surface area contributed by atoms with Crippen LogP contribution in [0.25, 0.3) is 10.9 Å². The minimum absolute atomic E-state index is 0.166. The van der Waals surface area contributed by atoms with E-state index in [4.69, 9.17) is 4.74 Å². The zero-order chi connectivity index (χ0) is 24.6. The average Bonchev–Trinajstić information content (AvgIpc) is 3.29. The maximum atomic E-state index is 13.3. The van der Waals surface area contributed by atoms with Gasteiger partial charge in [0.05, 0.1) is 0 Å². The van der Waals surface area contributed by atoms with Crippen LogP contribution >= 0.6 is 0 Å². The SMILES string of the molecule is O=C(COC(=O)[C@H](Cc1c[nH]c2ccccc12)NC(=O)c1ccc(F)cc1)NCC1CCCCC1. The van der Waals surface area contributed by atoms with E-state index in [1.807, 2.05) is 24.3 Å². The molecule has 1 atom stereocenters. The molecule has 4 rings (SSSR count). The molecule has 184 valence electrons. The van der Waals surface area contributed by atoms with Gasteiger partial charge in [0.25, 0.3) is 11.8 Å². The lowest BCUT2D eigenvalue weighted by Crippen LogP contribution is -2.44. The molecule has 1 fully saturated rings. The van der Waals surface area contributed by atoms with E-state index in [1.54, 1.807) is 6.20 Å². The fraction of sp³-hybridized carbons (Fsp3) is 0.370. The standard InChI is InChI=1S/C27H30FN3O4/c28-21-12-10-19(11-13-21)26(33)31-24(14-20-16-29-23-9-5-4-8-22(20)23)27(34)35-17-25(32)30-15-18-6-2-1-3-7-18/h4-5,8-13,16,18,24,29H,1-3,6-7,14-15,17H2,(H,30,32)(H,31,33)/t24-/m0/s1. The summed E-state index contributed by atoms with van der Waals surface area (Å²) in [6.45, 7) is 0.165. The van der Waals surface area contributed by atoms with Gasteiger partial charge in [0.1, 0.15) is 11.9 Å². The van der Waals surface area contributed by atoms with Gasteiger partial charge in [0.2, 0.25) is 0 Å². The molecular formula is C27H30FN3O4. The molecule has 3 N–H and O–H groups in total. The number of ether oxygens (including phenoxy) is 1. The molecule has 2 amide bonds. The van der Waals surface area contributed by atoms with Gasteiger partial charge in [-0.25, -0.2) is 9.18 Å². The third kappa shape index (κ3) is 6.68. The van der Waals surface area contributed by atoms with Crippen LogP contribution < -0.4 is 10.6 Å². The number of carbonyl (C=O) groups excluding carboxylic acids is 3. The average molecular weight is 480 g/mol. The summed E-state index contributed by atoms with van der Waals surface area (Å²) >= 11 is 0. The number of halogens is 1. The molecule has 7 nitrogen and oxygen atoms in total. The highest BCUT2D eigenvalue weighted by Gasteiger charge is 2.25. The number of carbonyl (C=O) groups is 3. The Labute approximate surface area is 203 Å². The van der Waals surface area contributed by atoms with Crippen LogP contribution in [0.2, 0.25) is 0 Å². The zero-order valence-corrected chi connectivity index (χ0v) is 19.5. The molecule has 0 unspecified atom stereocenters. The number of hydrogen-bond donors (Lipinski definition) is 3. The van der Waals surface area contributed by atoms with Crippen molar-refractivity contribution in [3.63, 3.8) is 0 Å². The van der Waals surface area contributed by atoms with Crippen LogP contribution in [0, 0.1) is 11.7 Å². The Bertz CT molecular complexity index is 1170. The van der Waals surface area contributed by atoms with Crippen molar-refractivity contribution in [3.8, 4) is 0 Å². The Morgan fingerprint density at radius 2 is 1.77 bits per heavy atom. The van der Waals surface area contributed by atoms with E-state index in [1.165, 1.54) is 43.5 Å². The van der Waals surface area contributed by atoms with E-state index >= 15 is 0 Å². The Morgan fingerprint density at radius 1 is 1.03 bits per heavy atom. The molecule has 3 aromatic rings. The van der Waals surface area contributed by atoms with Gasteiger partial charge in [-0.2, -0.15) is 0 Å². The Kier molecular flexibility index (Phi) is 8.13. The first-order valence-electron chi connectivity index (χ1n) is 12.0. The summed E-state index contributed by atoms with van der Waals surface area (Å²) in [6, 6.07) is 11.6. The molecule has 2 aromatic carbocycles. The summed E-state index contributed by atoms with van der Waals surface area (Å²) in [6.07, 6.45) is 7.75. The van der Waals surface area contributed by atoms with Gasteiger partial charge in [-0.15, -0.1) is 0 Å². The normalized spacial score (nSPS) is 14.9. The number of para-hydroxylation sites is 1. The molecule has 1 aliphatic carbocycles. The molecule has 0 radical (unpaired) electrons. The third-order valence-electron chi connectivity index (χ3n) is 6.45. The van der Waals surface area contributed by atoms with Gasteiger partial charge in [-0.05, 0) is 54.7 Å². The monoisotopic (exact) mass is 479 g/mol. The lowest BCUT2D eigenvalue weighted by Gasteiger charge is -2.22. The van der Waals surface area contributed by atoms with Gasteiger partial charge in [-0.1, -0.05) is 37.5 Å². The van der Waals surface area contributed by atoms with Crippen LogP contribution in [0.3, 0.4) is 0 Å². The molecule has 8 heteroatoms. The van der Waals surface area contributed by atoms with Crippen molar-refractivity contribution in [2.75, 3.05) is 13.2 Å². The molecular weight excluding hydrogens is 449 g/mol. The number of amides is 2. The number of aromatic nitrogens is 1. The van der Waals surface area contributed by atoms with E-state index < -0.39 is 30.3 Å². The predicted octanol–water partition coefficient (Wildman–Crippen LogP) is 3.89. The Morgan fingerprint density at radius 3 is 2.54 bits per heavy atom. The number of fused-ring (bicyclic) bond motifs is 1. The van der Waals surface area contributed by atoms with Crippen molar-refractivity contribution in [1.82, 2.24) is 15.6 Å². The fourth-order valence-electron chi connectivity index (χ4n) is 4.49. The van der Waals surface area contributed by atoms with E-state index in [0.29, 0.717) is 12.5 Å². The second kappa shape index (κ2) is 11.6. The topological polar surface area (TPSA) is 100 Å². The number of benzene rings is 2. The first-order valence-corrected chi connectivity index (χ1v) is 12.0. The van der Waals surface area contributed by atoms with Crippen molar-refractivity contribution in [3.05, 3.63) is 71.7 Å². The first kappa shape index (κ1) is 24.4. The third-order valence-corrected chi connectivity index (χ3v) is 6.45. The molecule has 0 spiro atoms. The van der Waals surface area contributed by atoms with Gasteiger partial charge in [-0.3, -0.25) is 9.59 Å². The van der Waals surface area contributed by atoms with Crippen LogP contribution in [0.15, 0.2) is 54.7 Å². The largest absolute Gasteiger partial charge is 0.454 e. The van der Waals surface area contributed by atoms with Crippen molar-refractivity contribution in [2.24, 2.45) is 5.92 Å².